The number of rotatable bonds is 4. The maximum absolute atomic E-state index is 12.5. The number of fused-ring (bicyclic) bond motifs is 1. The second kappa shape index (κ2) is 4.98. The highest BCUT2D eigenvalue weighted by Gasteiger charge is 2.48. The number of halogens is 1. The maximum Gasteiger partial charge on any atom is 0.270 e. The van der Waals surface area contributed by atoms with Crippen LogP contribution in [0.4, 0.5) is 5.69 Å². The quantitative estimate of drug-likeness (QED) is 0.485. The summed E-state index contributed by atoms with van der Waals surface area (Å²) in [6, 6.07) is 3.99. The molecule has 6 nitrogen and oxygen atoms in total. The van der Waals surface area contributed by atoms with Crippen molar-refractivity contribution in [3.05, 3.63) is 33.9 Å². The molecule has 0 aliphatic carbocycles. The summed E-state index contributed by atoms with van der Waals surface area (Å²) in [5.41, 5.74) is -0.366. The fourth-order valence-corrected chi connectivity index (χ4v) is 4.79. The van der Waals surface area contributed by atoms with Gasteiger partial charge in [0.25, 0.3) is 5.69 Å². The molecule has 0 saturated heterocycles. The van der Waals surface area contributed by atoms with Crippen LogP contribution in [0.25, 0.3) is 0 Å². The van der Waals surface area contributed by atoms with Crippen LogP contribution in [-0.4, -0.2) is 30.1 Å². The molecule has 0 bridgehead atoms. The second-order valence-corrected chi connectivity index (χ2v) is 7.32. The van der Waals surface area contributed by atoms with Crippen LogP contribution in [0, 0.1) is 10.1 Å². The number of non-ortho nitro benzene ring substituents is 1. The first-order chi connectivity index (χ1) is 9.22. The van der Waals surface area contributed by atoms with Crippen molar-refractivity contribution in [3.63, 3.8) is 0 Å². The number of hydrogen-bond acceptors (Lipinski definition) is 4. The van der Waals surface area contributed by atoms with E-state index in [1.54, 1.807) is 13.8 Å². The molecule has 1 heterocycles. The molecule has 0 unspecified atom stereocenters. The Hall–Kier alpha value is -1.18. The van der Waals surface area contributed by atoms with E-state index in [0.29, 0.717) is 24.4 Å². The van der Waals surface area contributed by atoms with Crippen molar-refractivity contribution < 1.29 is 13.3 Å². The minimum Gasteiger partial charge on any atom is -0.258 e. The number of nitro benzene ring substituents is 1. The average molecular weight is 319 g/mol. The molecule has 1 aliphatic heterocycles. The Balaban J connectivity index is 2.59. The second-order valence-electron chi connectivity index (χ2n) is 5.12. The predicted octanol–water partition coefficient (Wildman–Crippen LogP) is 2.46. The molecule has 0 saturated carbocycles. The van der Waals surface area contributed by atoms with Gasteiger partial charge in [-0.25, -0.2) is 8.42 Å². The van der Waals surface area contributed by atoms with E-state index in [9.17, 15) is 18.5 Å². The average Bonchev–Trinajstić information content (AvgIpc) is 2.51. The minimum absolute atomic E-state index is 0.0197. The third-order valence-electron chi connectivity index (χ3n) is 3.52. The molecule has 0 atom stereocenters. The van der Waals surface area contributed by atoms with Crippen LogP contribution < -0.4 is 0 Å². The van der Waals surface area contributed by atoms with Crippen molar-refractivity contribution in [1.29, 1.82) is 0 Å². The Morgan fingerprint density at radius 1 is 1.40 bits per heavy atom. The van der Waals surface area contributed by atoms with Gasteiger partial charge in [-0.2, -0.15) is 4.31 Å². The molecule has 1 aliphatic rings. The summed E-state index contributed by atoms with van der Waals surface area (Å²) in [4.78, 5) is 10.2. The summed E-state index contributed by atoms with van der Waals surface area (Å²) in [5, 5.41) is 10.8. The van der Waals surface area contributed by atoms with E-state index in [0.717, 1.165) is 6.07 Å². The molecule has 0 amide bonds. The van der Waals surface area contributed by atoms with Gasteiger partial charge in [0.1, 0.15) is 0 Å². The lowest BCUT2D eigenvalue weighted by Gasteiger charge is -2.30. The highest BCUT2D eigenvalue weighted by molar-refractivity contribution is 7.89. The Morgan fingerprint density at radius 3 is 2.60 bits per heavy atom. The molecular formula is C12H15ClN2O4S. The molecule has 0 spiro atoms. The van der Waals surface area contributed by atoms with E-state index in [-0.39, 0.29) is 10.6 Å². The largest absolute Gasteiger partial charge is 0.270 e. The van der Waals surface area contributed by atoms with Crippen LogP contribution in [0.5, 0.6) is 0 Å². The van der Waals surface area contributed by atoms with Crippen LogP contribution in [0.3, 0.4) is 0 Å². The number of nitro groups is 1. The first-order valence-corrected chi connectivity index (χ1v) is 8.08. The fraction of sp³-hybridized carbons (Fsp3) is 0.500. The number of nitrogens with zero attached hydrogens (tertiary/aromatic N) is 2. The van der Waals surface area contributed by atoms with Crippen molar-refractivity contribution in [2.75, 3.05) is 12.4 Å². The third-order valence-corrected chi connectivity index (χ3v) is 5.90. The third kappa shape index (κ3) is 2.19. The summed E-state index contributed by atoms with van der Waals surface area (Å²) in [7, 11) is -3.71. The number of alkyl halides is 1. The zero-order valence-corrected chi connectivity index (χ0v) is 12.7. The standard InChI is InChI=1S/C12H15ClN2O4S/c1-12(2)10-5-4-9(15(16)17)8-11(10)20(18,19)14(12)7-3-6-13/h4-5,8H,3,6-7H2,1-2H3. The first-order valence-electron chi connectivity index (χ1n) is 6.10. The summed E-state index contributed by atoms with van der Waals surface area (Å²) < 4.78 is 26.4. The van der Waals surface area contributed by atoms with Gasteiger partial charge >= 0.3 is 0 Å². The molecule has 1 aromatic carbocycles. The molecule has 0 N–H and O–H groups in total. The van der Waals surface area contributed by atoms with E-state index in [1.165, 1.54) is 16.4 Å². The van der Waals surface area contributed by atoms with Crippen molar-refractivity contribution in [2.24, 2.45) is 0 Å². The SMILES string of the molecule is CC1(C)c2ccc([N+](=O)[O-])cc2S(=O)(=O)N1CCCCl. The Kier molecular flexibility index (Phi) is 3.79. The van der Waals surface area contributed by atoms with Gasteiger partial charge in [-0.3, -0.25) is 10.1 Å². The molecule has 0 radical (unpaired) electrons. The van der Waals surface area contributed by atoms with Crippen molar-refractivity contribution >= 4 is 27.3 Å². The highest BCUT2D eigenvalue weighted by Crippen LogP contribution is 2.44. The lowest BCUT2D eigenvalue weighted by atomic mass is 9.94. The molecule has 20 heavy (non-hydrogen) atoms. The van der Waals surface area contributed by atoms with E-state index in [2.05, 4.69) is 0 Å². The van der Waals surface area contributed by atoms with Gasteiger partial charge in [-0.15, -0.1) is 11.6 Å². The summed E-state index contributed by atoms with van der Waals surface area (Å²) in [5.74, 6) is 0.360. The molecule has 1 aromatic rings. The summed E-state index contributed by atoms with van der Waals surface area (Å²) in [6.45, 7) is 3.87. The summed E-state index contributed by atoms with van der Waals surface area (Å²) in [6.07, 6.45) is 0.528. The van der Waals surface area contributed by atoms with Gasteiger partial charge in [-0.05, 0) is 31.9 Å². The molecule has 0 aromatic heterocycles. The first kappa shape index (κ1) is 15.2. The smallest absolute Gasteiger partial charge is 0.258 e. The maximum atomic E-state index is 12.5. The van der Waals surface area contributed by atoms with Gasteiger partial charge in [0.15, 0.2) is 0 Å². The van der Waals surface area contributed by atoms with Crippen molar-refractivity contribution in [2.45, 2.75) is 30.7 Å². The minimum atomic E-state index is -3.71. The zero-order chi connectivity index (χ0) is 15.1. The topological polar surface area (TPSA) is 80.5 Å². The van der Waals surface area contributed by atoms with E-state index in [4.69, 9.17) is 11.6 Å². The Bertz CT molecular complexity index is 657. The lowest BCUT2D eigenvalue weighted by Crippen LogP contribution is -2.39. The molecule has 8 heteroatoms. The molecule has 2 rings (SSSR count). The molecule has 0 fully saturated rings. The van der Waals surface area contributed by atoms with Crippen molar-refractivity contribution in [3.8, 4) is 0 Å². The Labute approximate surface area is 122 Å². The number of benzene rings is 1. The Morgan fingerprint density at radius 2 is 2.05 bits per heavy atom. The van der Waals surface area contributed by atoms with Crippen molar-refractivity contribution in [1.82, 2.24) is 4.31 Å². The van der Waals surface area contributed by atoms with E-state index in [1.807, 2.05) is 0 Å². The van der Waals surface area contributed by atoms with E-state index >= 15 is 0 Å². The normalized spacial score (nSPS) is 19.8. The number of hydrogen-bond donors (Lipinski definition) is 0. The van der Waals surface area contributed by atoms with E-state index < -0.39 is 20.5 Å². The van der Waals surface area contributed by atoms with Gasteiger partial charge < -0.3 is 0 Å². The van der Waals surface area contributed by atoms with Crippen LogP contribution in [0.1, 0.15) is 25.8 Å². The monoisotopic (exact) mass is 318 g/mol. The fourth-order valence-electron chi connectivity index (χ4n) is 2.50. The lowest BCUT2D eigenvalue weighted by molar-refractivity contribution is -0.385. The summed E-state index contributed by atoms with van der Waals surface area (Å²) >= 11 is 5.63. The van der Waals surface area contributed by atoms with Crippen LogP contribution in [-0.2, 0) is 15.6 Å². The molecule has 110 valence electrons. The van der Waals surface area contributed by atoms with Gasteiger partial charge in [-0.1, -0.05) is 0 Å². The van der Waals surface area contributed by atoms with Crippen LogP contribution in [0.15, 0.2) is 23.1 Å². The van der Waals surface area contributed by atoms with Gasteiger partial charge in [0.2, 0.25) is 10.0 Å². The van der Waals surface area contributed by atoms with Gasteiger partial charge in [0.05, 0.1) is 15.4 Å². The van der Waals surface area contributed by atoms with Crippen LogP contribution >= 0.6 is 11.6 Å². The zero-order valence-electron chi connectivity index (χ0n) is 11.2. The number of sulfonamides is 1. The van der Waals surface area contributed by atoms with Crippen LogP contribution in [0.2, 0.25) is 0 Å². The molecular weight excluding hydrogens is 304 g/mol. The van der Waals surface area contributed by atoms with Gasteiger partial charge in [0, 0.05) is 24.6 Å². The predicted molar refractivity (Wildman–Crippen MR) is 75.4 cm³/mol. The highest BCUT2D eigenvalue weighted by atomic mass is 35.5.